The number of halogens is 3. The second-order valence-corrected chi connectivity index (χ2v) is 14.5. The Bertz CT molecular complexity index is 1690. The average molecular weight is 717 g/mol. The fraction of sp³-hybridized carbons (Fsp3) is 0.514. The summed E-state index contributed by atoms with van der Waals surface area (Å²) in [5, 5.41) is 21.5. The molecule has 0 spiro atoms. The molecular formula is C37H47F3N4O7. The van der Waals surface area contributed by atoms with Gasteiger partial charge in [-0.05, 0) is 51.5 Å². The second kappa shape index (κ2) is 15.9. The Morgan fingerprint density at radius 2 is 1.73 bits per heavy atom. The number of hydrogen-bond acceptors (Lipinski definition) is 8. The van der Waals surface area contributed by atoms with Crippen LogP contribution in [0.1, 0.15) is 65.9 Å². The number of carbonyl (C=O) groups is 3. The molecule has 2 amide bonds. The van der Waals surface area contributed by atoms with E-state index >= 15 is 8.78 Å². The number of aromatic nitrogens is 2. The fourth-order valence-corrected chi connectivity index (χ4v) is 6.26. The van der Waals surface area contributed by atoms with E-state index < -0.39 is 77.6 Å². The molecular weight excluding hydrogens is 669 g/mol. The highest BCUT2D eigenvalue weighted by molar-refractivity contribution is 5.83. The zero-order valence-corrected chi connectivity index (χ0v) is 30.0. The molecule has 2 N–H and O–H groups in total. The summed E-state index contributed by atoms with van der Waals surface area (Å²) in [5.41, 5.74) is -1.67. The number of esters is 1. The van der Waals surface area contributed by atoms with Crippen LogP contribution in [0, 0.1) is 23.0 Å². The van der Waals surface area contributed by atoms with Crippen LogP contribution in [0.2, 0.25) is 0 Å². The normalized spacial score (nSPS) is 18.2. The van der Waals surface area contributed by atoms with E-state index in [4.69, 9.17) is 14.5 Å². The van der Waals surface area contributed by atoms with Gasteiger partial charge in [-0.15, -0.1) is 0 Å². The highest BCUT2D eigenvalue weighted by Gasteiger charge is 2.49. The molecule has 3 aromatic rings. The number of amides is 2. The van der Waals surface area contributed by atoms with E-state index in [1.807, 2.05) is 30.3 Å². The summed E-state index contributed by atoms with van der Waals surface area (Å²) in [6.45, 7) is 9.29. The van der Waals surface area contributed by atoms with Crippen LogP contribution in [-0.2, 0) is 25.6 Å². The zero-order chi connectivity index (χ0) is 37.8. The highest BCUT2D eigenvalue weighted by Crippen LogP contribution is 2.43. The summed E-state index contributed by atoms with van der Waals surface area (Å²) in [5.74, 6) is -3.87. The maximum absolute atomic E-state index is 15.9. The standard InChI is InChI=1S/C37H47F3N4O7/c1-22(50-23(2)46)34(48)44(18-25-17-43(19-29(25)40)35(49)51-36(3,4)5)32(37(6,7)31(47)21-45)33-41-30(27-15-26(38)13-14-28(27)39)20-42(33)16-24-11-9-8-10-12-24/h8-15,20,22,25,29,31-32,45,47H,16-19,21H2,1-7H3. The Morgan fingerprint density at radius 3 is 2.33 bits per heavy atom. The SMILES string of the molecule is CC(=O)OC(C)C(=O)N(CC1CN(C(=O)OC(C)(C)C)CC1F)C(c1nc(-c2cc(F)ccc2F)cn1Cc1ccccc1)C(C)(C)C(O)CO. The maximum atomic E-state index is 15.9. The Kier molecular flexibility index (Phi) is 12.2. The van der Waals surface area contributed by atoms with Crippen LogP contribution >= 0.6 is 0 Å². The first-order chi connectivity index (χ1) is 23.8. The lowest BCUT2D eigenvalue weighted by Crippen LogP contribution is -2.53. The number of likely N-dealkylation sites (tertiary alicyclic amines) is 1. The number of aliphatic hydroxyl groups is 2. The van der Waals surface area contributed by atoms with Gasteiger partial charge in [0.15, 0.2) is 6.10 Å². The molecule has 51 heavy (non-hydrogen) atoms. The molecule has 0 aliphatic carbocycles. The van der Waals surface area contributed by atoms with Crippen molar-refractivity contribution in [1.82, 2.24) is 19.4 Å². The van der Waals surface area contributed by atoms with Crippen molar-refractivity contribution in [2.75, 3.05) is 26.2 Å². The Balaban J connectivity index is 1.92. The van der Waals surface area contributed by atoms with E-state index in [0.717, 1.165) is 30.7 Å². The van der Waals surface area contributed by atoms with Crippen molar-refractivity contribution in [3.05, 3.63) is 77.8 Å². The summed E-state index contributed by atoms with van der Waals surface area (Å²) in [4.78, 5) is 46.5. The van der Waals surface area contributed by atoms with Crippen LogP contribution in [-0.4, -0.2) is 97.8 Å². The largest absolute Gasteiger partial charge is 0.453 e. The quantitative estimate of drug-likeness (QED) is 0.242. The van der Waals surface area contributed by atoms with Crippen molar-refractivity contribution in [3.63, 3.8) is 0 Å². The highest BCUT2D eigenvalue weighted by atomic mass is 19.1. The first-order valence-electron chi connectivity index (χ1n) is 16.8. The molecule has 0 saturated carbocycles. The van der Waals surface area contributed by atoms with Gasteiger partial charge in [0.05, 0.1) is 31.0 Å². The van der Waals surface area contributed by atoms with Crippen LogP contribution in [0.3, 0.4) is 0 Å². The number of benzene rings is 2. The molecule has 11 nitrogen and oxygen atoms in total. The number of imidazole rings is 1. The summed E-state index contributed by atoms with van der Waals surface area (Å²) in [7, 11) is 0. The van der Waals surface area contributed by atoms with Crippen molar-refractivity contribution in [2.45, 2.75) is 85.0 Å². The molecule has 1 fully saturated rings. The molecule has 1 aromatic heterocycles. The predicted molar refractivity (Wildman–Crippen MR) is 182 cm³/mol. The Morgan fingerprint density at radius 1 is 1.06 bits per heavy atom. The van der Waals surface area contributed by atoms with Gasteiger partial charge in [0.2, 0.25) is 0 Å². The lowest BCUT2D eigenvalue weighted by molar-refractivity contribution is -0.163. The molecule has 1 saturated heterocycles. The van der Waals surface area contributed by atoms with E-state index in [2.05, 4.69) is 0 Å². The Hall–Kier alpha value is -4.43. The van der Waals surface area contributed by atoms with Gasteiger partial charge in [0.1, 0.15) is 29.2 Å². The van der Waals surface area contributed by atoms with Gasteiger partial charge in [-0.3, -0.25) is 9.59 Å². The number of aliphatic hydroxyl groups excluding tert-OH is 2. The minimum atomic E-state index is -1.61. The smallest absolute Gasteiger partial charge is 0.410 e. The summed E-state index contributed by atoms with van der Waals surface area (Å²) >= 11 is 0. The van der Waals surface area contributed by atoms with Gasteiger partial charge in [-0.2, -0.15) is 0 Å². The first-order valence-corrected chi connectivity index (χ1v) is 16.8. The molecule has 5 atom stereocenters. The number of nitrogens with zero attached hydrogens (tertiary/aromatic N) is 4. The third-order valence-electron chi connectivity index (χ3n) is 8.92. The Labute approximate surface area is 296 Å². The third kappa shape index (κ3) is 9.47. The number of ether oxygens (including phenoxy) is 2. The van der Waals surface area contributed by atoms with E-state index in [-0.39, 0.29) is 43.3 Å². The first kappa shape index (κ1) is 39.4. The second-order valence-electron chi connectivity index (χ2n) is 14.5. The molecule has 4 rings (SSSR count). The molecule has 5 unspecified atom stereocenters. The predicted octanol–water partition coefficient (Wildman–Crippen LogP) is 5.28. The number of carbonyl (C=O) groups excluding carboxylic acids is 3. The van der Waals surface area contributed by atoms with Crippen LogP contribution in [0.15, 0.2) is 54.7 Å². The van der Waals surface area contributed by atoms with E-state index in [9.17, 15) is 29.0 Å². The van der Waals surface area contributed by atoms with Crippen LogP contribution < -0.4 is 0 Å². The number of hydrogen-bond donors (Lipinski definition) is 2. The van der Waals surface area contributed by atoms with Crippen LogP contribution in [0.5, 0.6) is 0 Å². The number of alkyl halides is 1. The van der Waals surface area contributed by atoms with E-state index in [0.29, 0.717) is 0 Å². The molecule has 2 heterocycles. The minimum Gasteiger partial charge on any atom is -0.453 e. The van der Waals surface area contributed by atoms with Crippen molar-refractivity contribution in [1.29, 1.82) is 0 Å². The molecule has 2 aromatic carbocycles. The molecule has 278 valence electrons. The molecule has 14 heteroatoms. The molecule has 0 radical (unpaired) electrons. The average Bonchev–Trinajstić information content (AvgIpc) is 3.63. The van der Waals surface area contributed by atoms with Gasteiger partial charge in [0.25, 0.3) is 5.91 Å². The summed E-state index contributed by atoms with van der Waals surface area (Å²) < 4.78 is 57.8. The summed E-state index contributed by atoms with van der Waals surface area (Å²) in [6, 6.07) is 10.7. The van der Waals surface area contributed by atoms with Gasteiger partial charge in [0, 0.05) is 49.7 Å². The van der Waals surface area contributed by atoms with Gasteiger partial charge < -0.3 is 34.1 Å². The fourth-order valence-electron chi connectivity index (χ4n) is 6.26. The van der Waals surface area contributed by atoms with Crippen molar-refractivity contribution in [3.8, 4) is 11.3 Å². The van der Waals surface area contributed by atoms with Gasteiger partial charge in [-0.25, -0.2) is 22.9 Å². The topological polar surface area (TPSA) is 134 Å². The van der Waals surface area contributed by atoms with Crippen molar-refractivity contribution >= 4 is 18.0 Å². The molecule has 0 bridgehead atoms. The monoisotopic (exact) mass is 716 g/mol. The number of rotatable bonds is 12. The van der Waals surface area contributed by atoms with Crippen molar-refractivity contribution in [2.24, 2.45) is 11.3 Å². The van der Waals surface area contributed by atoms with Crippen LogP contribution in [0.25, 0.3) is 11.3 Å². The lowest BCUT2D eigenvalue weighted by atomic mass is 9.77. The maximum Gasteiger partial charge on any atom is 0.410 e. The minimum absolute atomic E-state index is 0.0120. The third-order valence-corrected chi connectivity index (χ3v) is 8.92. The summed E-state index contributed by atoms with van der Waals surface area (Å²) in [6.07, 6.45) is -3.71. The van der Waals surface area contributed by atoms with Crippen molar-refractivity contribution < 1.29 is 47.2 Å². The molecule has 1 aliphatic rings. The van der Waals surface area contributed by atoms with Crippen LogP contribution in [0.4, 0.5) is 18.0 Å². The molecule has 1 aliphatic heterocycles. The van der Waals surface area contributed by atoms with Gasteiger partial charge in [-0.1, -0.05) is 44.2 Å². The van der Waals surface area contributed by atoms with E-state index in [1.54, 1.807) is 39.2 Å². The zero-order valence-electron chi connectivity index (χ0n) is 30.0. The lowest BCUT2D eigenvalue weighted by Gasteiger charge is -2.45. The van der Waals surface area contributed by atoms with E-state index in [1.165, 1.54) is 22.9 Å². The van der Waals surface area contributed by atoms with Gasteiger partial charge >= 0.3 is 12.1 Å².